The normalized spacial score (nSPS) is 13.5. The van der Waals surface area contributed by atoms with Crippen molar-refractivity contribution in [3.05, 3.63) is 101 Å². The molecular formula is C31H33NO4. The van der Waals surface area contributed by atoms with Crippen molar-refractivity contribution in [2.24, 2.45) is 0 Å². The number of furan rings is 1. The highest BCUT2D eigenvalue weighted by Crippen LogP contribution is 2.30. The van der Waals surface area contributed by atoms with E-state index >= 15 is 0 Å². The highest BCUT2D eigenvalue weighted by molar-refractivity contribution is 5.81. The fourth-order valence-electron chi connectivity index (χ4n) is 5.08. The number of esters is 1. The summed E-state index contributed by atoms with van der Waals surface area (Å²) in [6, 6.07) is 25.1. The topological polar surface area (TPSA) is 51.9 Å². The zero-order valence-electron chi connectivity index (χ0n) is 21.0. The summed E-state index contributed by atoms with van der Waals surface area (Å²) in [6.45, 7) is 5.79. The maximum absolute atomic E-state index is 11.7. The van der Waals surface area contributed by atoms with Crippen LogP contribution in [0.1, 0.15) is 40.9 Å². The van der Waals surface area contributed by atoms with Crippen molar-refractivity contribution in [1.82, 2.24) is 4.90 Å². The molecule has 0 N–H and O–H groups in total. The Morgan fingerprint density at radius 1 is 1.06 bits per heavy atom. The van der Waals surface area contributed by atoms with E-state index in [0.717, 1.165) is 67.1 Å². The van der Waals surface area contributed by atoms with Gasteiger partial charge in [-0.15, -0.1) is 0 Å². The average Bonchev–Trinajstić information content (AvgIpc) is 3.54. The van der Waals surface area contributed by atoms with E-state index in [9.17, 15) is 4.79 Å². The molecule has 1 aliphatic heterocycles. The fourth-order valence-corrected chi connectivity index (χ4v) is 5.08. The minimum Gasteiger partial charge on any atom is -0.493 e. The third kappa shape index (κ3) is 5.63. The minimum absolute atomic E-state index is 0.237. The summed E-state index contributed by atoms with van der Waals surface area (Å²) in [5, 5.41) is 1.02. The first kappa shape index (κ1) is 24.1. The Balaban J connectivity index is 1.32. The van der Waals surface area contributed by atoms with Crippen LogP contribution in [0.5, 0.6) is 5.75 Å². The van der Waals surface area contributed by atoms with Crippen LogP contribution in [0.15, 0.2) is 77.2 Å². The van der Waals surface area contributed by atoms with E-state index < -0.39 is 0 Å². The van der Waals surface area contributed by atoms with Crippen molar-refractivity contribution < 1.29 is 18.7 Å². The Morgan fingerprint density at radius 3 is 2.75 bits per heavy atom. The molecule has 0 spiro atoms. The van der Waals surface area contributed by atoms with Gasteiger partial charge in [-0.2, -0.15) is 0 Å². The Bertz CT molecular complexity index is 1330. The molecule has 36 heavy (non-hydrogen) atoms. The number of nitrogens with zero attached hydrogens (tertiary/aromatic N) is 1. The lowest BCUT2D eigenvalue weighted by Gasteiger charge is -2.26. The maximum atomic E-state index is 11.7. The number of hydrogen-bond acceptors (Lipinski definition) is 5. The summed E-state index contributed by atoms with van der Waals surface area (Å²) in [5.74, 6) is 2.16. The Kier molecular flexibility index (Phi) is 7.38. The van der Waals surface area contributed by atoms with Crippen LogP contribution in [0.3, 0.4) is 0 Å². The molecule has 186 valence electrons. The van der Waals surface area contributed by atoms with Gasteiger partial charge >= 0.3 is 5.97 Å². The molecule has 0 bridgehead atoms. The number of ether oxygens (including phenoxy) is 2. The standard InChI is InChI=1S/C31H33NO4/c1-22(24-7-4-3-5-8-24)20-32(21-25-9-6-10-30-28(25)14-16-35-30)15-13-27-19-26-17-23(18-31(33)34-2)11-12-29(26)36-27/h3-12,17,19,22H,13-16,18,20-21H2,1-2H3/t22-/m0/s1. The highest BCUT2D eigenvalue weighted by Gasteiger charge is 2.20. The highest BCUT2D eigenvalue weighted by atomic mass is 16.5. The molecule has 0 fully saturated rings. The molecule has 1 atom stereocenters. The first-order valence-corrected chi connectivity index (χ1v) is 12.7. The quantitative estimate of drug-likeness (QED) is 0.262. The van der Waals surface area contributed by atoms with Crippen molar-refractivity contribution in [2.75, 3.05) is 26.8 Å². The predicted octanol–water partition coefficient (Wildman–Crippen LogP) is 5.93. The number of fused-ring (bicyclic) bond motifs is 2. The van der Waals surface area contributed by atoms with E-state index in [0.29, 0.717) is 5.92 Å². The summed E-state index contributed by atoms with van der Waals surface area (Å²) >= 11 is 0. The zero-order valence-corrected chi connectivity index (χ0v) is 21.0. The molecule has 1 aliphatic rings. The van der Waals surface area contributed by atoms with E-state index in [1.54, 1.807) is 0 Å². The fraction of sp³-hybridized carbons (Fsp3) is 0.323. The third-order valence-corrected chi connectivity index (χ3v) is 7.02. The Labute approximate surface area is 212 Å². The number of rotatable bonds is 10. The van der Waals surface area contributed by atoms with Crippen molar-refractivity contribution in [2.45, 2.75) is 38.6 Å². The van der Waals surface area contributed by atoms with Crippen LogP contribution in [0.2, 0.25) is 0 Å². The van der Waals surface area contributed by atoms with Gasteiger partial charge in [0.2, 0.25) is 0 Å². The molecular weight excluding hydrogens is 450 g/mol. The zero-order chi connectivity index (χ0) is 24.9. The van der Waals surface area contributed by atoms with E-state index in [1.165, 1.54) is 23.8 Å². The molecule has 1 aromatic heterocycles. The van der Waals surface area contributed by atoms with Gasteiger partial charge in [-0.3, -0.25) is 9.69 Å². The van der Waals surface area contributed by atoms with Crippen molar-refractivity contribution in [1.29, 1.82) is 0 Å². The minimum atomic E-state index is -0.237. The number of carbonyl (C=O) groups is 1. The molecule has 0 unspecified atom stereocenters. The van der Waals surface area contributed by atoms with Crippen LogP contribution in [0.4, 0.5) is 0 Å². The van der Waals surface area contributed by atoms with Gasteiger partial charge in [0.15, 0.2) is 0 Å². The van der Waals surface area contributed by atoms with Crippen LogP contribution in [0.25, 0.3) is 11.0 Å². The van der Waals surface area contributed by atoms with Gasteiger partial charge in [-0.1, -0.05) is 55.5 Å². The van der Waals surface area contributed by atoms with Crippen molar-refractivity contribution in [3.63, 3.8) is 0 Å². The maximum Gasteiger partial charge on any atom is 0.309 e. The summed E-state index contributed by atoms with van der Waals surface area (Å²) in [4.78, 5) is 14.2. The second-order valence-corrected chi connectivity index (χ2v) is 9.63. The van der Waals surface area contributed by atoms with E-state index in [4.69, 9.17) is 13.9 Å². The Hall–Kier alpha value is -3.57. The van der Waals surface area contributed by atoms with Gasteiger partial charge in [0, 0.05) is 43.4 Å². The SMILES string of the molecule is COC(=O)Cc1ccc2oc(CCN(Cc3cccc4c3CCO4)C[C@H](C)c3ccccc3)cc2c1. The largest absolute Gasteiger partial charge is 0.493 e. The lowest BCUT2D eigenvalue weighted by Crippen LogP contribution is -2.30. The van der Waals surface area contributed by atoms with Crippen LogP contribution in [0, 0.1) is 0 Å². The molecule has 3 aromatic carbocycles. The molecule has 5 nitrogen and oxygen atoms in total. The van der Waals surface area contributed by atoms with Crippen molar-refractivity contribution in [3.8, 4) is 5.75 Å². The van der Waals surface area contributed by atoms with Gasteiger partial charge in [0.1, 0.15) is 17.1 Å². The second-order valence-electron chi connectivity index (χ2n) is 9.63. The molecule has 2 heterocycles. The van der Waals surface area contributed by atoms with Crippen LogP contribution >= 0.6 is 0 Å². The summed E-state index contributed by atoms with van der Waals surface area (Å²) in [5.41, 5.74) is 5.83. The monoisotopic (exact) mass is 483 g/mol. The number of methoxy groups -OCH3 is 1. The molecule has 0 saturated heterocycles. The van der Waals surface area contributed by atoms with Gasteiger partial charge in [-0.05, 0) is 46.9 Å². The molecule has 5 heteroatoms. The third-order valence-electron chi connectivity index (χ3n) is 7.02. The molecule has 4 aromatic rings. The second kappa shape index (κ2) is 11.0. The van der Waals surface area contributed by atoms with E-state index in [-0.39, 0.29) is 12.4 Å². The van der Waals surface area contributed by atoms with Crippen LogP contribution in [-0.4, -0.2) is 37.7 Å². The lowest BCUT2D eigenvalue weighted by molar-refractivity contribution is -0.139. The summed E-state index contributed by atoms with van der Waals surface area (Å²) in [7, 11) is 1.41. The van der Waals surface area contributed by atoms with Gasteiger partial charge in [-0.25, -0.2) is 0 Å². The van der Waals surface area contributed by atoms with Gasteiger partial charge < -0.3 is 13.9 Å². The average molecular weight is 484 g/mol. The Morgan fingerprint density at radius 2 is 1.92 bits per heavy atom. The molecule has 5 rings (SSSR count). The number of hydrogen-bond donors (Lipinski definition) is 0. The van der Waals surface area contributed by atoms with Gasteiger partial charge in [0.25, 0.3) is 0 Å². The summed E-state index contributed by atoms with van der Waals surface area (Å²) < 4.78 is 16.8. The van der Waals surface area contributed by atoms with Crippen LogP contribution in [-0.2, 0) is 35.3 Å². The summed E-state index contributed by atoms with van der Waals surface area (Å²) in [6.07, 6.45) is 2.06. The first-order valence-electron chi connectivity index (χ1n) is 12.7. The molecule has 0 amide bonds. The number of benzene rings is 3. The smallest absolute Gasteiger partial charge is 0.309 e. The predicted molar refractivity (Wildman–Crippen MR) is 141 cm³/mol. The number of carbonyl (C=O) groups excluding carboxylic acids is 1. The van der Waals surface area contributed by atoms with Crippen molar-refractivity contribution >= 4 is 16.9 Å². The van der Waals surface area contributed by atoms with Crippen LogP contribution < -0.4 is 4.74 Å². The molecule has 0 aliphatic carbocycles. The van der Waals surface area contributed by atoms with Gasteiger partial charge in [0.05, 0.1) is 20.1 Å². The first-order chi connectivity index (χ1) is 17.6. The van der Waals surface area contributed by atoms with E-state index in [2.05, 4.69) is 66.4 Å². The molecule has 0 saturated carbocycles. The molecule has 0 radical (unpaired) electrons. The lowest BCUT2D eigenvalue weighted by atomic mass is 9.99. The van der Waals surface area contributed by atoms with E-state index in [1.807, 2.05) is 18.2 Å².